The van der Waals surface area contributed by atoms with Crippen LogP contribution in [0.15, 0.2) is 35.3 Å². The molecular formula is C21H21N3O5. The Morgan fingerprint density at radius 2 is 1.62 bits per heavy atom. The number of methoxy groups -OCH3 is 2. The lowest BCUT2D eigenvalue weighted by Crippen LogP contribution is -2.26. The zero-order valence-corrected chi connectivity index (χ0v) is 16.3. The summed E-state index contributed by atoms with van der Waals surface area (Å²) in [4.78, 5) is 17.9. The quantitative estimate of drug-likeness (QED) is 0.352. The van der Waals surface area contributed by atoms with E-state index in [-0.39, 0.29) is 17.1 Å². The monoisotopic (exact) mass is 395 g/mol. The third-order valence-corrected chi connectivity index (χ3v) is 5.08. The average molecular weight is 395 g/mol. The number of phenolic OH excluding ortho intramolecular Hbond substituents is 2. The van der Waals surface area contributed by atoms with Gasteiger partial charge in [0.05, 0.1) is 30.6 Å². The molecule has 0 unspecified atom stereocenters. The van der Waals surface area contributed by atoms with E-state index in [0.717, 1.165) is 5.39 Å². The summed E-state index contributed by atoms with van der Waals surface area (Å²) in [6.45, 7) is 0.985. The number of phenols is 2. The molecular weight excluding hydrogens is 374 g/mol. The normalized spacial score (nSPS) is 11.4. The molecule has 8 heteroatoms. The van der Waals surface area contributed by atoms with Crippen molar-refractivity contribution in [2.24, 2.45) is 0 Å². The van der Waals surface area contributed by atoms with Crippen LogP contribution in [0.25, 0.3) is 32.6 Å². The van der Waals surface area contributed by atoms with Crippen LogP contribution in [-0.2, 0) is 6.54 Å². The fraction of sp³-hybridized carbons (Fsp3) is 0.238. The molecule has 150 valence electrons. The first-order chi connectivity index (χ1) is 14.0. The van der Waals surface area contributed by atoms with Gasteiger partial charge in [0, 0.05) is 41.5 Å². The predicted molar refractivity (Wildman–Crippen MR) is 111 cm³/mol. The molecule has 0 saturated carbocycles. The van der Waals surface area contributed by atoms with Crippen molar-refractivity contribution < 1.29 is 19.7 Å². The third-order valence-electron chi connectivity index (χ3n) is 5.08. The second-order valence-electron chi connectivity index (χ2n) is 6.69. The molecule has 0 radical (unpaired) electrons. The summed E-state index contributed by atoms with van der Waals surface area (Å²) in [7, 11) is 4.87. The Kier molecular flexibility index (Phi) is 4.63. The van der Waals surface area contributed by atoms with Crippen molar-refractivity contribution in [1.82, 2.24) is 14.9 Å². The minimum Gasteiger partial charge on any atom is -0.504 e. The first kappa shape index (κ1) is 18.8. The zero-order valence-electron chi connectivity index (χ0n) is 16.3. The van der Waals surface area contributed by atoms with Gasteiger partial charge in [-0.2, -0.15) is 0 Å². The number of rotatable bonds is 5. The fourth-order valence-corrected chi connectivity index (χ4v) is 3.65. The Morgan fingerprint density at radius 3 is 2.28 bits per heavy atom. The highest BCUT2D eigenvalue weighted by Gasteiger charge is 2.18. The molecule has 2 aromatic heterocycles. The second kappa shape index (κ2) is 7.14. The first-order valence-corrected chi connectivity index (χ1v) is 9.07. The minimum absolute atomic E-state index is 0.191. The highest BCUT2D eigenvalue weighted by molar-refractivity contribution is 6.15. The predicted octanol–water partition coefficient (Wildman–Crippen LogP) is 2.35. The molecule has 0 aliphatic heterocycles. The van der Waals surface area contributed by atoms with Gasteiger partial charge in [0.15, 0.2) is 23.0 Å². The molecule has 0 fully saturated rings. The zero-order chi connectivity index (χ0) is 20.7. The standard InChI is InChI=1S/C21H21N3O5/c1-22-4-5-24-20-13-6-16(25)17(26)9-15(13)23-10-14(20)11-7-18(28-2)19(29-3)8-12(11)21(24)27/h6-10,22,25-26H,4-5H2,1-3H3. The number of nitrogens with zero attached hydrogens (tertiary/aromatic N) is 2. The van der Waals surface area contributed by atoms with E-state index < -0.39 is 0 Å². The summed E-state index contributed by atoms with van der Waals surface area (Å²) >= 11 is 0. The van der Waals surface area contributed by atoms with Gasteiger partial charge in [-0.05, 0) is 25.2 Å². The molecule has 0 amide bonds. The third kappa shape index (κ3) is 2.89. The van der Waals surface area contributed by atoms with Crippen LogP contribution in [-0.4, -0.2) is 47.6 Å². The lowest BCUT2D eigenvalue weighted by molar-refractivity contribution is 0.356. The van der Waals surface area contributed by atoms with E-state index in [0.29, 0.717) is 51.8 Å². The smallest absolute Gasteiger partial charge is 0.259 e. The number of benzene rings is 2. The van der Waals surface area contributed by atoms with Crippen LogP contribution in [0.4, 0.5) is 0 Å². The number of aromatic hydroxyl groups is 2. The van der Waals surface area contributed by atoms with Gasteiger partial charge in [0.25, 0.3) is 5.56 Å². The van der Waals surface area contributed by atoms with Crippen LogP contribution in [0.3, 0.4) is 0 Å². The first-order valence-electron chi connectivity index (χ1n) is 9.07. The van der Waals surface area contributed by atoms with Gasteiger partial charge in [0.2, 0.25) is 0 Å². The summed E-state index contributed by atoms with van der Waals surface area (Å²) in [6, 6.07) is 6.25. The van der Waals surface area contributed by atoms with E-state index in [1.54, 1.807) is 22.9 Å². The summed E-state index contributed by atoms with van der Waals surface area (Å²) in [5.41, 5.74) is 0.916. The van der Waals surface area contributed by atoms with Crippen molar-refractivity contribution in [2.75, 3.05) is 27.8 Å². The van der Waals surface area contributed by atoms with E-state index in [1.807, 2.05) is 7.05 Å². The number of likely N-dealkylation sites (N-methyl/N-ethyl adjacent to an activating group) is 1. The highest BCUT2D eigenvalue weighted by atomic mass is 16.5. The van der Waals surface area contributed by atoms with E-state index in [1.165, 1.54) is 26.4 Å². The highest BCUT2D eigenvalue weighted by Crippen LogP contribution is 2.37. The number of hydrogen-bond donors (Lipinski definition) is 3. The van der Waals surface area contributed by atoms with Crippen LogP contribution in [0.1, 0.15) is 0 Å². The SMILES string of the molecule is CNCCn1c(=O)c2cc(OC)c(OC)cc2c2cnc3cc(O)c(O)cc3c21. The maximum Gasteiger partial charge on any atom is 0.259 e. The van der Waals surface area contributed by atoms with Crippen molar-refractivity contribution in [3.63, 3.8) is 0 Å². The van der Waals surface area contributed by atoms with Gasteiger partial charge in [-0.15, -0.1) is 0 Å². The van der Waals surface area contributed by atoms with Crippen molar-refractivity contribution in [2.45, 2.75) is 6.54 Å². The molecule has 0 bridgehead atoms. The molecule has 4 aromatic rings. The van der Waals surface area contributed by atoms with Crippen LogP contribution in [0.2, 0.25) is 0 Å². The van der Waals surface area contributed by atoms with Crippen LogP contribution in [0, 0.1) is 0 Å². The molecule has 0 aliphatic carbocycles. The van der Waals surface area contributed by atoms with E-state index in [2.05, 4.69) is 10.3 Å². The summed E-state index contributed by atoms with van der Waals surface area (Å²) < 4.78 is 12.4. The number of pyridine rings is 2. The second-order valence-corrected chi connectivity index (χ2v) is 6.69. The molecule has 8 nitrogen and oxygen atoms in total. The molecule has 29 heavy (non-hydrogen) atoms. The Bertz CT molecular complexity index is 1310. The summed E-state index contributed by atoms with van der Waals surface area (Å²) in [5.74, 6) is 0.433. The van der Waals surface area contributed by atoms with Crippen molar-refractivity contribution >= 4 is 32.6 Å². The molecule has 0 aliphatic rings. The molecule has 0 spiro atoms. The molecule has 2 aromatic carbocycles. The largest absolute Gasteiger partial charge is 0.504 e. The maximum absolute atomic E-state index is 13.4. The van der Waals surface area contributed by atoms with Crippen molar-refractivity contribution in [1.29, 1.82) is 0 Å². The lowest BCUT2D eigenvalue weighted by atomic mass is 10.0. The van der Waals surface area contributed by atoms with E-state index in [9.17, 15) is 15.0 Å². The summed E-state index contributed by atoms with van der Waals surface area (Å²) in [6.07, 6.45) is 1.66. The van der Waals surface area contributed by atoms with Gasteiger partial charge in [0.1, 0.15) is 0 Å². The number of fused-ring (bicyclic) bond motifs is 5. The van der Waals surface area contributed by atoms with Crippen molar-refractivity contribution in [3.05, 3.63) is 40.8 Å². The number of ether oxygens (including phenoxy) is 2. The van der Waals surface area contributed by atoms with Gasteiger partial charge < -0.3 is 29.6 Å². The van der Waals surface area contributed by atoms with Crippen LogP contribution < -0.4 is 20.3 Å². The van der Waals surface area contributed by atoms with Crippen molar-refractivity contribution in [3.8, 4) is 23.0 Å². The van der Waals surface area contributed by atoms with Crippen LogP contribution in [0.5, 0.6) is 23.0 Å². The Balaban J connectivity index is 2.25. The fourth-order valence-electron chi connectivity index (χ4n) is 3.65. The number of aromatic nitrogens is 2. The summed E-state index contributed by atoms with van der Waals surface area (Å²) in [5, 5.41) is 25.4. The van der Waals surface area contributed by atoms with Crippen LogP contribution >= 0.6 is 0 Å². The molecule has 0 saturated heterocycles. The maximum atomic E-state index is 13.4. The van der Waals surface area contributed by atoms with Gasteiger partial charge in [-0.3, -0.25) is 9.78 Å². The topological polar surface area (TPSA) is 106 Å². The lowest BCUT2D eigenvalue weighted by Gasteiger charge is -2.17. The van der Waals surface area contributed by atoms with E-state index >= 15 is 0 Å². The van der Waals surface area contributed by atoms with E-state index in [4.69, 9.17) is 9.47 Å². The molecule has 0 atom stereocenters. The molecule has 3 N–H and O–H groups in total. The Morgan fingerprint density at radius 1 is 0.966 bits per heavy atom. The van der Waals surface area contributed by atoms with Gasteiger partial charge in [-0.25, -0.2) is 0 Å². The number of nitrogens with one attached hydrogen (secondary N) is 1. The Hall–Kier alpha value is -3.52. The molecule has 4 rings (SSSR count). The number of hydrogen-bond acceptors (Lipinski definition) is 7. The average Bonchev–Trinajstić information content (AvgIpc) is 2.73. The molecule has 2 heterocycles. The van der Waals surface area contributed by atoms with Gasteiger partial charge in [-0.1, -0.05) is 0 Å². The Labute approximate surface area is 165 Å². The van der Waals surface area contributed by atoms with Gasteiger partial charge >= 0.3 is 0 Å². The minimum atomic E-state index is -0.271.